The van der Waals surface area contributed by atoms with Crippen LogP contribution in [0.2, 0.25) is 0 Å². The van der Waals surface area contributed by atoms with Crippen molar-refractivity contribution in [3.8, 4) is 11.5 Å². The molecule has 1 aliphatic carbocycles. The van der Waals surface area contributed by atoms with Crippen LogP contribution in [0, 0.1) is 5.92 Å². The van der Waals surface area contributed by atoms with Crippen LogP contribution in [0.1, 0.15) is 43.4 Å². The summed E-state index contributed by atoms with van der Waals surface area (Å²) in [6.07, 6.45) is 6.03. The van der Waals surface area contributed by atoms with Crippen molar-refractivity contribution in [2.24, 2.45) is 11.7 Å². The largest absolute Gasteiger partial charge is 0.493 e. The summed E-state index contributed by atoms with van der Waals surface area (Å²) in [7, 11) is 1.61. The SMILES string of the molecule is COc1cc(C(C)NC(=O)C2CCC(N)C2)ccc1OCc1ccncc1.Cl.Cl. The standard InChI is InChI=1S/C21H27N3O3.2ClH/c1-14(24-21(25)17-3-5-18(22)11-17)16-4-6-19(20(12-16)26-2)27-13-15-7-9-23-10-8-15;;/h4,6-10,12,14,17-18H,3,5,11,13,22H2,1-2H3,(H,24,25);2*1H. The topological polar surface area (TPSA) is 86.5 Å². The van der Waals surface area contributed by atoms with Gasteiger partial charge in [-0.05, 0) is 61.6 Å². The zero-order valence-corrected chi connectivity index (χ0v) is 18.3. The fourth-order valence-corrected chi connectivity index (χ4v) is 3.38. The molecule has 0 radical (unpaired) electrons. The van der Waals surface area contributed by atoms with Gasteiger partial charge in [-0.1, -0.05) is 6.07 Å². The Bertz CT molecular complexity index is 777. The number of rotatable bonds is 7. The number of pyridine rings is 1. The van der Waals surface area contributed by atoms with E-state index in [0.717, 1.165) is 30.4 Å². The lowest BCUT2D eigenvalue weighted by Crippen LogP contribution is -2.32. The fourth-order valence-electron chi connectivity index (χ4n) is 3.38. The number of halogens is 2. The van der Waals surface area contributed by atoms with Crippen LogP contribution >= 0.6 is 24.8 Å². The minimum absolute atomic E-state index is 0. The van der Waals surface area contributed by atoms with Crippen molar-refractivity contribution in [3.63, 3.8) is 0 Å². The summed E-state index contributed by atoms with van der Waals surface area (Å²) in [5, 5.41) is 3.09. The Morgan fingerprint density at radius 1 is 1.21 bits per heavy atom. The van der Waals surface area contributed by atoms with E-state index >= 15 is 0 Å². The molecule has 2 aromatic rings. The molecular weight excluding hydrogens is 413 g/mol. The summed E-state index contributed by atoms with van der Waals surface area (Å²) >= 11 is 0. The highest BCUT2D eigenvalue weighted by atomic mass is 35.5. The first-order chi connectivity index (χ1) is 13.1. The molecule has 1 amide bonds. The molecule has 1 saturated carbocycles. The Balaban J connectivity index is 0.00000210. The van der Waals surface area contributed by atoms with Crippen molar-refractivity contribution in [3.05, 3.63) is 53.9 Å². The van der Waals surface area contributed by atoms with E-state index in [1.54, 1.807) is 19.5 Å². The summed E-state index contributed by atoms with van der Waals surface area (Å²) in [5.74, 6) is 1.41. The molecule has 160 valence electrons. The average molecular weight is 442 g/mol. The number of ether oxygens (including phenoxy) is 2. The summed E-state index contributed by atoms with van der Waals surface area (Å²) in [6.45, 7) is 2.41. The molecule has 0 bridgehead atoms. The van der Waals surface area contributed by atoms with Crippen LogP contribution in [0.25, 0.3) is 0 Å². The quantitative estimate of drug-likeness (QED) is 0.681. The van der Waals surface area contributed by atoms with E-state index in [9.17, 15) is 4.79 Å². The van der Waals surface area contributed by atoms with Crippen LogP contribution < -0.4 is 20.5 Å². The summed E-state index contributed by atoms with van der Waals surface area (Å²) in [5.41, 5.74) is 7.92. The molecule has 3 rings (SSSR count). The Morgan fingerprint density at radius 3 is 2.55 bits per heavy atom. The molecule has 29 heavy (non-hydrogen) atoms. The van der Waals surface area contributed by atoms with Gasteiger partial charge in [0, 0.05) is 24.4 Å². The number of nitrogens with one attached hydrogen (secondary N) is 1. The average Bonchev–Trinajstić information content (AvgIpc) is 3.13. The molecule has 1 heterocycles. The van der Waals surface area contributed by atoms with E-state index in [0.29, 0.717) is 18.1 Å². The molecular formula is C21H29Cl2N3O3. The molecule has 3 N–H and O–H groups in total. The lowest BCUT2D eigenvalue weighted by atomic mass is 10.0. The van der Waals surface area contributed by atoms with E-state index in [1.807, 2.05) is 37.3 Å². The highest BCUT2D eigenvalue weighted by Gasteiger charge is 2.28. The predicted octanol–water partition coefficient (Wildman–Crippen LogP) is 3.82. The molecule has 0 aliphatic heterocycles. The number of nitrogens with two attached hydrogens (primary N) is 1. The number of amides is 1. The van der Waals surface area contributed by atoms with Crippen LogP contribution in [0.5, 0.6) is 11.5 Å². The van der Waals surface area contributed by atoms with Gasteiger partial charge in [0.05, 0.1) is 13.2 Å². The van der Waals surface area contributed by atoms with Gasteiger partial charge in [-0.15, -0.1) is 24.8 Å². The molecule has 3 unspecified atom stereocenters. The second kappa shape index (κ2) is 11.9. The van der Waals surface area contributed by atoms with Crippen LogP contribution in [0.3, 0.4) is 0 Å². The number of carbonyl (C=O) groups excluding carboxylic acids is 1. The van der Waals surface area contributed by atoms with Gasteiger partial charge >= 0.3 is 0 Å². The smallest absolute Gasteiger partial charge is 0.223 e. The first-order valence-corrected chi connectivity index (χ1v) is 9.32. The zero-order chi connectivity index (χ0) is 19.2. The molecule has 6 nitrogen and oxygen atoms in total. The Morgan fingerprint density at radius 2 is 1.93 bits per heavy atom. The van der Waals surface area contributed by atoms with Gasteiger partial charge in [0.2, 0.25) is 5.91 Å². The van der Waals surface area contributed by atoms with Gasteiger partial charge in [-0.3, -0.25) is 9.78 Å². The van der Waals surface area contributed by atoms with Gasteiger partial charge in [-0.2, -0.15) is 0 Å². The summed E-state index contributed by atoms with van der Waals surface area (Å²) < 4.78 is 11.3. The first-order valence-electron chi connectivity index (χ1n) is 9.32. The third-order valence-corrected chi connectivity index (χ3v) is 5.03. The third kappa shape index (κ3) is 6.77. The molecule has 1 aromatic heterocycles. The number of nitrogens with zero attached hydrogens (tertiary/aromatic N) is 1. The Kier molecular flexibility index (Phi) is 10.2. The number of hydrogen-bond donors (Lipinski definition) is 2. The second-order valence-corrected chi connectivity index (χ2v) is 7.05. The lowest BCUT2D eigenvalue weighted by Gasteiger charge is -2.19. The lowest BCUT2D eigenvalue weighted by molar-refractivity contribution is -0.125. The van der Waals surface area contributed by atoms with E-state index in [2.05, 4.69) is 10.3 Å². The number of benzene rings is 1. The van der Waals surface area contributed by atoms with Crippen molar-refractivity contribution in [2.75, 3.05) is 7.11 Å². The molecule has 1 aromatic carbocycles. The fraction of sp³-hybridized carbons (Fsp3) is 0.429. The Labute approximate surface area is 184 Å². The first kappa shape index (κ1) is 25.0. The van der Waals surface area contributed by atoms with Crippen molar-refractivity contribution >= 4 is 30.7 Å². The van der Waals surface area contributed by atoms with Crippen LogP contribution in [-0.2, 0) is 11.4 Å². The summed E-state index contributed by atoms with van der Waals surface area (Å²) in [6, 6.07) is 9.60. The minimum atomic E-state index is -0.113. The normalized spacial score (nSPS) is 18.7. The van der Waals surface area contributed by atoms with E-state index < -0.39 is 0 Å². The molecule has 3 atom stereocenters. The molecule has 8 heteroatoms. The van der Waals surface area contributed by atoms with E-state index in [-0.39, 0.29) is 48.7 Å². The van der Waals surface area contributed by atoms with Gasteiger partial charge in [0.15, 0.2) is 11.5 Å². The maximum Gasteiger partial charge on any atom is 0.223 e. The second-order valence-electron chi connectivity index (χ2n) is 7.05. The van der Waals surface area contributed by atoms with Crippen molar-refractivity contribution < 1.29 is 14.3 Å². The monoisotopic (exact) mass is 441 g/mol. The Hall–Kier alpha value is -2.02. The van der Waals surface area contributed by atoms with E-state index in [1.165, 1.54) is 0 Å². The van der Waals surface area contributed by atoms with Gasteiger partial charge in [0.1, 0.15) is 6.61 Å². The molecule has 1 aliphatic rings. The van der Waals surface area contributed by atoms with Crippen molar-refractivity contribution in [1.82, 2.24) is 10.3 Å². The van der Waals surface area contributed by atoms with Crippen molar-refractivity contribution in [2.45, 2.75) is 44.9 Å². The predicted molar refractivity (Wildman–Crippen MR) is 118 cm³/mol. The molecule has 0 spiro atoms. The highest BCUT2D eigenvalue weighted by molar-refractivity contribution is 5.85. The maximum absolute atomic E-state index is 12.4. The number of aromatic nitrogens is 1. The minimum Gasteiger partial charge on any atom is -0.493 e. The number of carbonyl (C=O) groups is 1. The van der Waals surface area contributed by atoms with Crippen LogP contribution in [-0.4, -0.2) is 24.0 Å². The van der Waals surface area contributed by atoms with Gasteiger partial charge in [-0.25, -0.2) is 0 Å². The number of methoxy groups -OCH3 is 1. The van der Waals surface area contributed by atoms with Crippen LogP contribution in [0.15, 0.2) is 42.7 Å². The summed E-state index contributed by atoms with van der Waals surface area (Å²) in [4.78, 5) is 16.4. The zero-order valence-electron chi connectivity index (χ0n) is 16.7. The maximum atomic E-state index is 12.4. The third-order valence-electron chi connectivity index (χ3n) is 5.03. The van der Waals surface area contributed by atoms with E-state index in [4.69, 9.17) is 15.2 Å². The molecule has 1 fully saturated rings. The van der Waals surface area contributed by atoms with Gasteiger partial charge in [0.25, 0.3) is 0 Å². The van der Waals surface area contributed by atoms with Crippen LogP contribution in [0.4, 0.5) is 0 Å². The molecule has 0 saturated heterocycles. The van der Waals surface area contributed by atoms with Gasteiger partial charge < -0.3 is 20.5 Å². The van der Waals surface area contributed by atoms with Crippen molar-refractivity contribution in [1.29, 1.82) is 0 Å². The number of hydrogen-bond acceptors (Lipinski definition) is 5. The highest BCUT2D eigenvalue weighted by Crippen LogP contribution is 2.31.